The van der Waals surface area contributed by atoms with Gasteiger partial charge in [-0.25, -0.2) is 13.1 Å². The van der Waals surface area contributed by atoms with Crippen LogP contribution in [0.3, 0.4) is 0 Å². The van der Waals surface area contributed by atoms with E-state index < -0.39 is 22.1 Å². The molecule has 0 aliphatic heterocycles. The number of hydrogen-bond donors (Lipinski definition) is 1. The Labute approximate surface area is 161 Å². The van der Waals surface area contributed by atoms with Gasteiger partial charge in [-0.3, -0.25) is 4.79 Å². The monoisotopic (exact) mass is 431 g/mol. The van der Waals surface area contributed by atoms with Crippen molar-refractivity contribution in [2.75, 3.05) is 0 Å². The first-order valence-electron chi connectivity index (χ1n) is 7.66. The summed E-state index contributed by atoms with van der Waals surface area (Å²) in [5.41, 5.74) is 0. The Morgan fingerprint density at radius 2 is 1.82 bits per heavy atom. The number of carbonyl (C=O) groups excluding carboxylic acids is 1. The van der Waals surface area contributed by atoms with Crippen molar-refractivity contribution in [1.29, 1.82) is 0 Å². The van der Waals surface area contributed by atoms with Crippen molar-refractivity contribution in [3.05, 3.63) is 70.3 Å². The van der Waals surface area contributed by atoms with E-state index in [4.69, 9.17) is 4.42 Å². The molecule has 0 bridgehead atoms. The summed E-state index contributed by atoms with van der Waals surface area (Å²) >= 11 is 1.10. The van der Waals surface area contributed by atoms with E-state index in [1.165, 1.54) is 12.3 Å². The van der Waals surface area contributed by atoms with Crippen LogP contribution in [-0.4, -0.2) is 20.6 Å². The minimum Gasteiger partial charge on any atom is -0.461 e. The van der Waals surface area contributed by atoms with Crippen LogP contribution in [-0.2, 0) is 16.6 Å². The Hall–Kier alpha value is -2.63. The maximum Gasteiger partial charge on any atom is 0.573 e. The van der Waals surface area contributed by atoms with E-state index in [1.54, 1.807) is 18.2 Å². The highest BCUT2D eigenvalue weighted by atomic mass is 32.2. The third-order valence-electron chi connectivity index (χ3n) is 3.43. The van der Waals surface area contributed by atoms with Gasteiger partial charge in [-0.2, -0.15) is 0 Å². The average molecular weight is 431 g/mol. The summed E-state index contributed by atoms with van der Waals surface area (Å²) in [5.74, 6) is -0.662. The van der Waals surface area contributed by atoms with E-state index in [1.807, 2.05) is 0 Å². The number of hydrogen-bond acceptors (Lipinski definition) is 6. The molecule has 2 aromatic heterocycles. The van der Waals surface area contributed by atoms with Gasteiger partial charge in [0, 0.05) is 11.4 Å². The Morgan fingerprint density at radius 3 is 2.43 bits per heavy atom. The molecule has 0 atom stereocenters. The van der Waals surface area contributed by atoms with Gasteiger partial charge in [0.05, 0.1) is 16.0 Å². The Kier molecular flexibility index (Phi) is 5.59. The minimum atomic E-state index is -4.86. The number of nitrogens with one attached hydrogen (secondary N) is 1. The van der Waals surface area contributed by atoms with Crippen molar-refractivity contribution in [1.82, 2.24) is 4.72 Å². The number of ether oxygens (including phenoxy) is 1. The molecule has 148 valence electrons. The third kappa shape index (κ3) is 5.00. The van der Waals surface area contributed by atoms with E-state index in [-0.39, 0.29) is 23.0 Å². The molecule has 1 N–H and O–H groups in total. The highest BCUT2D eigenvalue weighted by molar-refractivity contribution is 7.89. The van der Waals surface area contributed by atoms with Gasteiger partial charge in [-0.1, -0.05) is 0 Å². The van der Waals surface area contributed by atoms with Crippen molar-refractivity contribution in [2.45, 2.75) is 17.8 Å². The lowest BCUT2D eigenvalue weighted by molar-refractivity contribution is -0.274. The zero-order valence-electron chi connectivity index (χ0n) is 13.9. The summed E-state index contributed by atoms with van der Waals surface area (Å²) < 4.78 is 72.1. The second kappa shape index (κ2) is 7.78. The molecule has 0 radical (unpaired) electrons. The van der Waals surface area contributed by atoms with Crippen LogP contribution in [0, 0.1) is 0 Å². The van der Waals surface area contributed by atoms with E-state index in [0.717, 1.165) is 35.6 Å². The number of halogens is 3. The fourth-order valence-corrected chi connectivity index (χ4v) is 4.18. The summed E-state index contributed by atoms with van der Waals surface area (Å²) in [4.78, 5) is 12.9. The van der Waals surface area contributed by atoms with E-state index >= 15 is 0 Å². The van der Waals surface area contributed by atoms with Crippen LogP contribution in [0.15, 0.2) is 64.1 Å². The van der Waals surface area contributed by atoms with Crippen LogP contribution in [0.4, 0.5) is 13.2 Å². The second-order valence-electron chi connectivity index (χ2n) is 5.42. The molecule has 3 rings (SSSR count). The Balaban J connectivity index is 1.64. The smallest absolute Gasteiger partial charge is 0.461 e. The molecule has 3 aromatic rings. The molecule has 0 amide bonds. The van der Waals surface area contributed by atoms with Crippen LogP contribution < -0.4 is 9.46 Å². The van der Waals surface area contributed by atoms with Crippen molar-refractivity contribution < 1.29 is 35.5 Å². The number of alkyl halides is 3. The van der Waals surface area contributed by atoms with Gasteiger partial charge in [0.15, 0.2) is 5.76 Å². The average Bonchev–Trinajstić information content (AvgIpc) is 3.31. The van der Waals surface area contributed by atoms with E-state index in [0.29, 0.717) is 9.75 Å². The first kappa shape index (κ1) is 20.1. The lowest BCUT2D eigenvalue weighted by Crippen LogP contribution is -2.23. The quantitative estimate of drug-likeness (QED) is 0.573. The van der Waals surface area contributed by atoms with E-state index in [2.05, 4.69) is 9.46 Å². The molecule has 0 unspecified atom stereocenters. The first-order chi connectivity index (χ1) is 13.1. The maximum atomic E-state index is 12.3. The number of benzene rings is 1. The van der Waals surface area contributed by atoms with Crippen LogP contribution in [0.1, 0.15) is 20.3 Å². The standard InChI is InChI=1S/C17H12F3NO5S2/c18-17(19,20)26-11-3-6-13(7-4-11)28(23,24)21-10-12-5-8-15(27-12)16(22)14-2-1-9-25-14/h1-9,21H,10H2. The fourth-order valence-electron chi connectivity index (χ4n) is 2.19. The molecule has 28 heavy (non-hydrogen) atoms. The molecule has 0 spiro atoms. The van der Waals surface area contributed by atoms with Gasteiger partial charge in [0.1, 0.15) is 5.75 Å². The summed E-state index contributed by atoms with van der Waals surface area (Å²) in [5, 5.41) is 0. The molecule has 0 saturated heterocycles. The van der Waals surface area contributed by atoms with Gasteiger partial charge >= 0.3 is 6.36 Å². The maximum absolute atomic E-state index is 12.3. The molecule has 11 heteroatoms. The highest BCUT2D eigenvalue weighted by Gasteiger charge is 2.31. The van der Waals surface area contributed by atoms with Crippen molar-refractivity contribution >= 4 is 27.1 Å². The van der Waals surface area contributed by atoms with Gasteiger partial charge in [0.25, 0.3) is 0 Å². The third-order valence-corrected chi connectivity index (χ3v) is 5.94. The van der Waals surface area contributed by atoms with Gasteiger partial charge in [-0.05, 0) is 48.5 Å². The number of furan rings is 1. The number of carbonyl (C=O) groups is 1. The molecule has 6 nitrogen and oxygen atoms in total. The topological polar surface area (TPSA) is 85.6 Å². The number of thiophene rings is 1. The molecule has 0 aliphatic rings. The van der Waals surface area contributed by atoms with Crippen LogP contribution in [0.2, 0.25) is 0 Å². The van der Waals surface area contributed by atoms with Crippen molar-refractivity contribution in [3.8, 4) is 5.75 Å². The SMILES string of the molecule is O=C(c1ccco1)c1ccc(CNS(=O)(=O)c2ccc(OC(F)(F)F)cc2)s1. The van der Waals surface area contributed by atoms with Crippen LogP contribution >= 0.6 is 11.3 Å². The van der Waals surface area contributed by atoms with Crippen molar-refractivity contribution in [3.63, 3.8) is 0 Å². The zero-order chi connectivity index (χ0) is 20.4. The normalized spacial score (nSPS) is 12.1. The highest BCUT2D eigenvalue weighted by Crippen LogP contribution is 2.24. The fraction of sp³-hybridized carbons (Fsp3) is 0.118. The molecule has 1 aromatic carbocycles. The van der Waals surface area contributed by atoms with E-state index in [9.17, 15) is 26.4 Å². The largest absolute Gasteiger partial charge is 0.573 e. The summed E-state index contributed by atoms with van der Waals surface area (Å²) in [7, 11) is -3.96. The molecule has 0 aliphatic carbocycles. The molecule has 2 heterocycles. The zero-order valence-corrected chi connectivity index (χ0v) is 15.5. The summed E-state index contributed by atoms with van der Waals surface area (Å²) in [6, 6.07) is 10.1. The van der Waals surface area contributed by atoms with Gasteiger partial charge in [-0.15, -0.1) is 24.5 Å². The van der Waals surface area contributed by atoms with Crippen molar-refractivity contribution in [2.24, 2.45) is 0 Å². The molecule has 0 saturated carbocycles. The lowest BCUT2D eigenvalue weighted by atomic mass is 10.2. The van der Waals surface area contributed by atoms with Gasteiger partial charge in [0.2, 0.25) is 15.8 Å². The van der Waals surface area contributed by atoms with Gasteiger partial charge < -0.3 is 9.15 Å². The first-order valence-corrected chi connectivity index (χ1v) is 9.96. The molecular formula is C17H12F3NO5S2. The Morgan fingerprint density at radius 1 is 1.11 bits per heavy atom. The second-order valence-corrected chi connectivity index (χ2v) is 8.35. The predicted octanol–water partition coefficient (Wildman–Crippen LogP) is 3.95. The number of rotatable bonds is 7. The minimum absolute atomic E-state index is 0.0841. The van der Waals surface area contributed by atoms with Crippen LogP contribution in [0.5, 0.6) is 5.75 Å². The predicted molar refractivity (Wildman–Crippen MR) is 93.6 cm³/mol. The molecule has 0 fully saturated rings. The Bertz CT molecular complexity index is 1060. The molecular weight excluding hydrogens is 419 g/mol. The lowest BCUT2D eigenvalue weighted by Gasteiger charge is -2.10. The summed E-state index contributed by atoms with van der Waals surface area (Å²) in [6.45, 7) is -0.0841. The van der Waals surface area contributed by atoms with Crippen LogP contribution in [0.25, 0.3) is 0 Å². The number of ketones is 1. The number of sulfonamides is 1. The summed E-state index contributed by atoms with van der Waals surface area (Å²) in [6.07, 6.45) is -3.48.